The quantitative estimate of drug-likeness (QED) is 0.661. The van der Waals surface area contributed by atoms with Crippen LogP contribution < -0.4 is 4.74 Å². The first-order chi connectivity index (χ1) is 9.88. The van der Waals surface area contributed by atoms with E-state index in [9.17, 15) is 19.3 Å². The summed E-state index contributed by atoms with van der Waals surface area (Å²) < 4.78 is 19.3. The van der Waals surface area contributed by atoms with Crippen LogP contribution in [0.25, 0.3) is 0 Å². The lowest BCUT2D eigenvalue weighted by atomic mass is 10.2. The molecular weight excluding hydrogens is 349 g/mol. The highest BCUT2D eigenvalue weighted by atomic mass is 79.9. The Kier molecular flexibility index (Phi) is 4.18. The molecule has 1 N–H and O–H groups in total. The molecule has 0 heterocycles. The third kappa shape index (κ3) is 3.34. The molecule has 2 rings (SSSR count). The summed E-state index contributed by atoms with van der Waals surface area (Å²) in [7, 11) is 0. The average Bonchev–Trinajstić information content (AvgIpc) is 2.42. The van der Waals surface area contributed by atoms with Gasteiger partial charge >= 0.3 is 5.97 Å². The minimum absolute atomic E-state index is 0.0402. The number of carboxylic acids is 1. The van der Waals surface area contributed by atoms with Crippen molar-refractivity contribution in [2.75, 3.05) is 0 Å². The van der Waals surface area contributed by atoms with Gasteiger partial charge in [0.1, 0.15) is 5.75 Å². The van der Waals surface area contributed by atoms with E-state index in [-0.39, 0.29) is 22.7 Å². The molecule has 0 aliphatic heterocycles. The summed E-state index contributed by atoms with van der Waals surface area (Å²) in [6.07, 6.45) is 0. The number of hydrogen-bond donors (Lipinski definition) is 1. The molecule has 8 heteroatoms. The molecule has 0 saturated carbocycles. The smallest absolute Gasteiger partial charge is 0.335 e. The van der Waals surface area contributed by atoms with Crippen molar-refractivity contribution in [3.63, 3.8) is 0 Å². The molecule has 0 aliphatic rings. The van der Waals surface area contributed by atoms with E-state index >= 15 is 0 Å². The average molecular weight is 356 g/mol. The fraction of sp³-hybridized carbons (Fsp3) is 0. The van der Waals surface area contributed by atoms with Crippen LogP contribution in [0.1, 0.15) is 10.4 Å². The van der Waals surface area contributed by atoms with Crippen molar-refractivity contribution in [3.8, 4) is 11.5 Å². The van der Waals surface area contributed by atoms with Crippen molar-refractivity contribution in [1.29, 1.82) is 0 Å². The predicted octanol–water partition coefficient (Wildman–Crippen LogP) is 3.99. The van der Waals surface area contributed by atoms with Gasteiger partial charge < -0.3 is 9.84 Å². The van der Waals surface area contributed by atoms with E-state index in [4.69, 9.17) is 9.84 Å². The number of ether oxygens (including phenoxy) is 1. The topological polar surface area (TPSA) is 89.7 Å². The van der Waals surface area contributed by atoms with Gasteiger partial charge in [-0.15, -0.1) is 0 Å². The lowest BCUT2D eigenvalue weighted by Gasteiger charge is -2.09. The molecule has 2 aromatic carbocycles. The minimum Gasteiger partial charge on any atom is -0.478 e. The molecule has 6 nitrogen and oxygen atoms in total. The highest BCUT2D eigenvalue weighted by molar-refractivity contribution is 9.10. The second-order valence-electron chi connectivity index (χ2n) is 3.92. The Morgan fingerprint density at radius 1 is 1.24 bits per heavy atom. The molecule has 108 valence electrons. The number of carbonyl (C=O) groups is 1. The largest absolute Gasteiger partial charge is 0.478 e. The van der Waals surface area contributed by atoms with Gasteiger partial charge in [0, 0.05) is 6.07 Å². The van der Waals surface area contributed by atoms with Crippen molar-refractivity contribution in [1.82, 2.24) is 0 Å². The zero-order chi connectivity index (χ0) is 15.6. The summed E-state index contributed by atoms with van der Waals surface area (Å²) in [5.41, 5.74) is -0.349. The van der Waals surface area contributed by atoms with Crippen LogP contribution in [0.2, 0.25) is 0 Å². The zero-order valence-corrected chi connectivity index (χ0v) is 11.8. The molecule has 0 atom stereocenters. The predicted molar refractivity (Wildman–Crippen MR) is 74.2 cm³/mol. The van der Waals surface area contributed by atoms with Gasteiger partial charge in [-0.1, -0.05) is 0 Å². The summed E-state index contributed by atoms with van der Waals surface area (Å²) in [5.74, 6) is -2.01. The molecule has 21 heavy (non-hydrogen) atoms. The number of benzene rings is 2. The molecular formula is C13H7BrFNO5. The highest BCUT2D eigenvalue weighted by Crippen LogP contribution is 2.33. The maximum Gasteiger partial charge on any atom is 0.335 e. The lowest BCUT2D eigenvalue weighted by molar-refractivity contribution is -0.385. The van der Waals surface area contributed by atoms with Crippen molar-refractivity contribution in [3.05, 3.63) is 62.4 Å². The molecule has 0 aromatic heterocycles. The number of hydrogen-bond acceptors (Lipinski definition) is 4. The molecule has 0 aliphatic carbocycles. The first-order valence-corrected chi connectivity index (χ1v) is 6.32. The third-order valence-electron chi connectivity index (χ3n) is 2.53. The normalized spacial score (nSPS) is 10.2. The second-order valence-corrected chi connectivity index (χ2v) is 4.78. The van der Waals surface area contributed by atoms with Crippen molar-refractivity contribution in [2.45, 2.75) is 0 Å². The van der Waals surface area contributed by atoms with Gasteiger partial charge in [0.2, 0.25) is 0 Å². The van der Waals surface area contributed by atoms with E-state index in [2.05, 4.69) is 15.9 Å². The number of non-ortho nitro benzene ring substituents is 1. The van der Waals surface area contributed by atoms with Crippen molar-refractivity contribution < 1.29 is 24.0 Å². The van der Waals surface area contributed by atoms with Gasteiger partial charge in [0.05, 0.1) is 21.0 Å². The maximum atomic E-state index is 13.7. The van der Waals surface area contributed by atoms with E-state index in [1.165, 1.54) is 18.2 Å². The summed E-state index contributed by atoms with van der Waals surface area (Å²) in [6, 6.07) is 6.94. The molecule has 0 amide bonds. The Labute approximate surface area is 126 Å². The SMILES string of the molecule is O=C(O)c1ccc(Oc2ccc([N+](=O)[O-])cc2F)c(Br)c1. The van der Waals surface area contributed by atoms with Gasteiger partial charge in [-0.3, -0.25) is 10.1 Å². The summed E-state index contributed by atoms with van der Waals surface area (Å²) >= 11 is 3.12. The Morgan fingerprint density at radius 3 is 2.43 bits per heavy atom. The second kappa shape index (κ2) is 5.88. The first kappa shape index (κ1) is 14.9. The molecule has 2 aromatic rings. The van der Waals surface area contributed by atoms with Crippen molar-refractivity contribution >= 4 is 27.6 Å². The Balaban J connectivity index is 2.30. The van der Waals surface area contributed by atoms with Gasteiger partial charge in [-0.2, -0.15) is 0 Å². The first-order valence-electron chi connectivity index (χ1n) is 5.53. The Morgan fingerprint density at radius 2 is 1.90 bits per heavy atom. The van der Waals surface area contributed by atoms with Gasteiger partial charge in [-0.05, 0) is 40.2 Å². The monoisotopic (exact) mass is 355 g/mol. The van der Waals surface area contributed by atoms with Crippen LogP contribution in [0, 0.1) is 15.9 Å². The fourth-order valence-corrected chi connectivity index (χ4v) is 1.98. The fourth-order valence-electron chi connectivity index (χ4n) is 1.52. The van der Waals surface area contributed by atoms with Crippen LogP contribution in [0.15, 0.2) is 40.9 Å². The van der Waals surface area contributed by atoms with E-state index in [0.29, 0.717) is 4.47 Å². The van der Waals surface area contributed by atoms with Gasteiger partial charge in [0.25, 0.3) is 5.69 Å². The Hall–Kier alpha value is -2.48. The van der Waals surface area contributed by atoms with E-state index in [0.717, 1.165) is 18.2 Å². The molecule has 0 spiro atoms. The van der Waals surface area contributed by atoms with Crippen LogP contribution in [-0.2, 0) is 0 Å². The number of nitro groups is 1. The minimum atomic E-state index is -1.11. The van der Waals surface area contributed by atoms with Crippen molar-refractivity contribution in [2.24, 2.45) is 0 Å². The molecule has 0 bridgehead atoms. The zero-order valence-electron chi connectivity index (χ0n) is 10.2. The third-order valence-corrected chi connectivity index (χ3v) is 3.14. The Bertz CT molecular complexity index is 673. The number of rotatable bonds is 4. The number of nitrogens with zero attached hydrogens (tertiary/aromatic N) is 1. The molecule has 0 fully saturated rings. The molecule has 0 radical (unpaired) electrons. The van der Waals surface area contributed by atoms with Gasteiger partial charge in [-0.25, -0.2) is 9.18 Å². The van der Waals surface area contributed by atoms with Crippen LogP contribution in [0.4, 0.5) is 10.1 Å². The van der Waals surface area contributed by atoms with Gasteiger partial charge in [0.15, 0.2) is 11.6 Å². The van der Waals surface area contributed by atoms with Crippen LogP contribution in [0.5, 0.6) is 11.5 Å². The number of nitro benzene ring substituents is 1. The van der Waals surface area contributed by atoms with Crippen LogP contribution in [-0.4, -0.2) is 16.0 Å². The summed E-state index contributed by atoms with van der Waals surface area (Å²) in [4.78, 5) is 20.6. The summed E-state index contributed by atoms with van der Waals surface area (Å²) in [5, 5.41) is 19.3. The van der Waals surface area contributed by atoms with Crippen LogP contribution >= 0.6 is 15.9 Å². The summed E-state index contributed by atoms with van der Waals surface area (Å²) in [6.45, 7) is 0. The van der Waals surface area contributed by atoms with E-state index in [1.807, 2.05) is 0 Å². The number of halogens is 2. The maximum absolute atomic E-state index is 13.7. The van der Waals surface area contributed by atoms with E-state index in [1.54, 1.807) is 0 Å². The van der Waals surface area contributed by atoms with Crippen LogP contribution in [0.3, 0.4) is 0 Å². The standard InChI is InChI=1S/C13H7BrFNO5/c14-9-5-7(13(17)18)1-3-11(9)21-12-4-2-8(16(19)20)6-10(12)15/h1-6H,(H,17,18). The highest BCUT2D eigenvalue weighted by Gasteiger charge is 2.14. The lowest BCUT2D eigenvalue weighted by Crippen LogP contribution is -1.97. The number of aromatic carboxylic acids is 1. The van der Waals surface area contributed by atoms with E-state index < -0.39 is 16.7 Å². The molecule has 0 saturated heterocycles. The molecule has 0 unspecified atom stereocenters. The number of carboxylic acid groups (broad SMARTS) is 1.